The van der Waals surface area contributed by atoms with Crippen LogP contribution in [0.3, 0.4) is 0 Å². The van der Waals surface area contributed by atoms with E-state index >= 15 is 0 Å². The van der Waals surface area contributed by atoms with Crippen LogP contribution in [0.15, 0.2) is 0 Å². The van der Waals surface area contributed by atoms with Gasteiger partial charge in [0.15, 0.2) is 0 Å². The molecular weight excluding hydrogens is 237 g/mol. The normalized spacial score (nSPS) is 7.20. The van der Waals surface area contributed by atoms with Crippen LogP contribution in [0.5, 0.6) is 0 Å². The Morgan fingerprint density at radius 2 is 1.10 bits per heavy atom. The molecule has 0 N–H and O–H groups in total. The number of hydrogen-bond acceptors (Lipinski definition) is 0. The van der Waals surface area contributed by atoms with E-state index in [4.69, 9.17) is 58.0 Å². The molecule has 0 bridgehead atoms. The molecule has 0 heterocycles. The summed E-state index contributed by atoms with van der Waals surface area (Å²) in [5.41, 5.74) is 0. The average Bonchev–Trinajstić information content (AvgIpc) is 1.65. The summed E-state index contributed by atoms with van der Waals surface area (Å²) in [6.45, 7) is 3.59. The monoisotopic (exact) mass is 246 g/mol. The van der Waals surface area contributed by atoms with Crippen molar-refractivity contribution < 1.29 is 0 Å². The van der Waals surface area contributed by atoms with Crippen molar-refractivity contribution in [3.05, 3.63) is 0 Å². The first-order valence-corrected chi connectivity index (χ1v) is 5.00. The molecule has 0 aromatic rings. The molecule has 0 atom stereocenters. The van der Waals surface area contributed by atoms with Crippen LogP contribution in [0.4, 0.5) is 0 Å². The zero-order valence-electron chi connectivity index (χ0n) is 5.88. The van der Waals surface area contributed by atoms with Gasteiger partial charge in [0, 0.05) is 5.88 Å². The molecule has 0 amide bonds. The number of alkyl halides is 5. The van der Waals surface area contributed by atoms with Crippen molar-refractivity contribution in [3.63, 3.8) is 0 Å². The fraction of sp³-hybridized carbons (Fsp3) is 1.00. The van der Waals surface area contributed by atoms with Crippen LogP contribution in [0.2, 0.25) is 0 Å². The molecule has 0 aromatic heterocycles. The zero-order valence-corrected chi connectivity index (χ0v) is 9.66. The summed E-state index contributed by atoms with van der Waals surface area (Å²) in [5.74, 6) is 0.722. The molecule has 66 valence electrons. The minimum absolute atomic E-state index is 0.194. The number of halogens is 5. The van der Waals surface area contributed by atoms with Crippen LogP contribution in [-0.2, 0) is 0 Å². The lowest BCUT2D eigenvalue weighted by Gasteiger charge is -1.72. The summed E-state index contributed by atoms with van der Waals surface area (Å²) in [6.07, 6.45) is 0. The van der Waals surface area contributed by atoms with Gasteiger partial charge in [0.05, 0.1) is 5.34 Å². The third-order valence-corrected chi connectivity index (χ3v) is 0. The van der Waals surface area contributed by atoms with E-state index in [0.717, 1.165) is 5.88 Å². The van der Waals surface area contributed by atoms with Crippen molar-refractivity contribution in [1.82, 2.24) is 0 Å². The van der Waals surface area contributed by atoms with Crippen LogP contribution < -0.4 is 0 Å². The second-order valence-electron chi connectivity index (χ2n) is 0.887. The fourth-order valence-corrected chi connectivity index (χ4v) is 0. The molecule has 10 heavy (non-hydrogen) atoms. The molecule has 0 spiro atoms. The molecule has 0 aliphatic rings. The highest BCUT2D eigenvalue weighted by Crippen LogP contribution is 1.95. The summed E-state index contributed by atoms with van der Waals surface area (Å²) in [6, 6.07) is 0. The van der Waals surface area contributed by atoms with E-state index in [1.807, 2.05) is 6.92 Å². The Balaban J connectivity index is -0.0000000750. The lowest BCUT2D eigenvalue weighted by Crippen LogP contribution is -1.63. The van der Waals surface area contributed by atoms with Gasteiger partial charge >= 0.3 is 0 Å². The van der Waals surface area contributed by atoms with Crippen LogP contribution in [0.25, 0.3) is 0 Å². The van der Waals surface area contributed by atoms with Crippen molar-refractivity contribution in [2.24, 2.45) is 0 Å². The summed E-state index contributed by atoms with van der Waals surface area (Å²) < 4.78 is 0. The first-order valence-electron chi connectivity index (χ1n) is 2.52. The smallest absolute Gasteiger partial charge is 0.105 e. The Morgan fingerprint density at radius 3 is 1.10 bits per heavy atom. The summed E-state index contributed by atoms with van der Waals surface area (Å²) in [5, 5.41) is 0.194. The van der Waals surface area contributed by atoms with Crippen molar-refractivity contribution >= 4 is 58.0 Å². The lowest BCUT2D eigenvalue weighted by molar-refractivity contribution is 1.39. The third kappa shape index (κ3) is 321. The topological polar surface area (TPSA) is 0 Å². The maximum atomic E-state index is 5.04. The molecule has 0 aliphatic carbocycles. The van der Waals surface area contributed by atoms with Crippen LogP contribution >= 0.6 is 58.0 Å². The van der Waals surface area contributed by atoms with Crippen LogP contribution in [-0.4, -0.2) is 16.1 Å². The van der Waals surface area contributed by atoms with E-state index in [2.05, 4.69) is 0 Å². The summed E-state index contributed by atoms with van der Waals surface area (Å²) in [7, 11) is 0. The van der Waals surface area contributed by atoms with Crippen molar-refractivity contribution in [3.8, 4) is 0 Å². The Bertz CT molecular complexity index is 26.5. The molecule has 0 fully saturated rings. The van der Waals surface area contributed by atoms with E-state index in [0.29, 0.717) is 0 Å². The second kappa shape index (κ2) is 22.4. The van der Waals surface area contributed by atoms with Gasteiger partial charge in [-0.15, -0.1) is 58.0 Å². The largest absolute Gasteiger partial charge is 0.127 e. The van der Waals surface area contributed by atoms with Gasteiger partial charge in [-0.05, 0) is 6.92 Å². The second-order valence-corrected chi connectivity index (χ2v) is 3.76. The van der Waals surface area contributed by atoms with E-state index in [9.17, 15) is 0 Å². The van der Waals surface area contributed by atoms with Gasteiger partial charge in [0.2, 0.25) is 0 Å². The van der Waals surface area contributed by atoms with Crippen molar-refractivity contribution in [2.75, 3.05) is 11.2 Å². The molecule has 0 aliphatic heterocycles. The van der Waals surface area contributed by atoms with Crippen molar-refractivity contribution in [1.29, 1.82) is 0 Å². The third-order valence-electron chi connectivity index (χ3n) is 0. The van der Waals surface area contributed by atoms with Gasteiger partial charge in [0.1, 0.15) is 4.84 Å². The van der Waals surface area contributed by atoms with E-state index in [-0.39, 0.29) is 10.2 Å². The molecule has 0 saturated carbocycles. The molecule has 0 aromatic carbocycles. The predicted molar refractivity (Wildman–Crippen MR) is 54.1 cm³/mol. The Labute approximate surface area is 87.7 Å². The minimum Gasteiger partial charge on any atom is -0.127 e. The van der Waals surface area contributed by atoms with Gasteiger partial charge in [-0.25, -0.2) is 0 Å². The zero-order chi connectivity index (χ0) is 8.99. The Morgan fingerprint density at radius 1 is 1.10 bits per heavy atom. The fourth-order valence-electron chi connectivity index (χ4n) is 0. The summed E-state index contributed by atoms with van der Waals surface area (Å²) >= 11 is 24.6. The highest BCUT2D eigenvalue weighted by molar-refractivity contribution is 6.43. The highest BCUT2D eigenvalue weighted by atomic mass is 35.5. The molecular formula is C5H11Cl5. The van der Waals surface area contributed by atoms with Crippen LogP contribution in [0.1, 0.15) is 13.8 Å². The van der Waals surface area contributed by atoms with Crippen LogP contribution in [0, 0.1) is 0 Å². The van der Waals surface area contributed by atoms with E-state index in [1.54, 1.807) is 6.92 Å². The first kappa shape index (κ1) is 17.5. The molecule has 0 nitrogen and oxygen atoms in total. The standard InChI is InChI=1S/C2H4Cl2.C2H5Cl.CH2Cl2/c1-2(3)4;1-2-3;2-1-3/h2H,1H3;2H2,1H3;1H2. The van der Waals surface area contributed by atoms with Gasteiger partial charge in [-0.3, -0.25) is 0 Å². The van der Waals surface area contributed by atoms with Gasteiger partial charge in [-0.1, -0.05) is 6.92 Å². The maximum Gasteiger partial charge on any atom is 0.105 e. The molecule has 0 saturated heterocycles. The SMILES string of the molecule is CC(Cl)Cl.CCCl.ClCCl. The van der Waals surface area contributed by atoms with Gasteiger partial charge in [-0.2, -0.15) is 0 Å². The molecule has 0 unspecified atom stereocenters. The number of rotatable bonds is 0. The van der Waals surface area contributed by atoms with Crippen molar-refractivity contribution in [2.45, 2.75) is 18.7 Å². The maximum absolute atomic E-state index is 5.04. The van der Waals surface area contributed by atoms with Gasteiger partial charge < -0.3 is 0 Å². The van der Waals surface area contributed by atoms with E-state index < -0.39 is 0 Å². The lowest BCUT2D eigenvalue weighted by atomic mass is 11.0. The highest BCUT2D eigenvalue weighted by Gasteiger charge is 1.75. The average molecular weight is 248 g/mol. The quantitative estimate of drug-likeness (QED) is 0.555. The number of hydrogen-bond donors (Lipinski definition) is 0. The van der Waals surface area contributed by atoms with Gasteiger partial charge in [0.25, 0.3) is 0 Å². The summed E-state index contributed by atoms with van der Waals surface area (Å²) in [4.78, 5) is -0.222. The van der Waals surface area contributed by atoms with E-state index in [1.165, 1.54) is 0 Å². The Kier molecular flexibility index (Phi) is 39.3. The molecule has 0 rings (SSSR count). The molecule has 0 radical (unpaired) electrons. The predicted octanol–water partition coefficient (Wildman–Crippen LogP) is 4.48. The Hall–Kier alpha value is 1.45. The first-order chi connectivity index (χ1) is 4.56. The molecule has 5 heteroatoms. The minimum atomic E-state index is -0.222.